The quantitative estimate of drug-likeness (QED) is 0.739. The first-order valence-electron chi connectivity index (χ1n) is 5.74. The molecule has 19 heavy (non-hydrogen) atoms. The predicted octanol–water partition coefficient (Wildman–Crippen LogP) is 2.20. The van der Waals surface area contributed by atoms with E-state index in [1.165, 1.54) is 12.1 Å². The van der Waals surface area contributed by atoms with Crippen molar-refractivity contribution in [1.29, 1.82) is 0 Å². The van der Waals surface area contributed by atoms with Crippen LogP contribution < -0.4 is 5.73 Å². The molecule has 0 bridgehead atoms. The summed E-state index contributed by atoms with van der Waals surface area (Å²) in [6, 6.07) is 6.29. The van der Waals surface area contributed by atoms with Crippen LogP contribution >= 0.6 is 0 Å². The van der Waals surface area contributed by atoms with E-state index in [0.29, 0.717) is 22.6 Å². The summed E-state index contributed by atoms with van der Waals surface area (Å²) in [4.78, 5) is 0. The number of aryl methyl sites for hydroxylation is 1. The summed E-state index contributed by atoms with van der Waals surface area (Å²) in [7, 11) is 1.75. The molecule has 2 heterocycles. The van der Waals surface area contributed by atoms with Gasteiger partial charge in [0.15, 0.2) is 0 Å². The molecule has 3 rings (SSSR count). The average Bonchev–Trinajstić information content (AvgIpc) is 2.99. The smallest absolute Gasteiger partial charge is 0.129 e. The molecule has 2 aromatic heterocycles. The number of nitrogens with two attached hydrogens (primary N) is 1. The molecule has 0 atom stereocenters. The number of hydrogen-bond donors (Lipinski definition) is 2. The van der Waals surface area contributed by atoms with E-state index in [1.807, 2.05) is 0 Å². The molecule has 0 radical (unpaired) electrons. The Labute approximate surface area is 108 Å². The minimum atomic E-state index is -0.307. The molecule has 0 unspecified atom stereocenters. The number of halogens is 1. The molecular formula is C13H12FN5. The second-order valence-electron chi connectivity index (χ2n) is 4.23. The third-order valence-electron chi connectivity index (χ3n) is 2.98. The maximum atomic E-state index is 13.4. The average molecular weight is 257 g/mol. The van der Waals surface area contributed by atoms with Crippen LogP contribution in [0.4, 0.5) is 10.2 Å². The van der Waals surface area contributed by atoms with Crippen LogP contribution in [-0.4, -0.2) is 20.0 Å². The van der Waals surface area contributed by atoms with Crippen LogP contribution in [0.5, 0.6) is 0 Å². The second kappa shape index (κ2) is 4.24. The van der Waals surface area contributed by atoms with Gasteiger partial charge in [-0.2, -0.15) is 10.2 Å². The van der Waals surface area contributed by atoms with Crippen molar-refractivity contribution in [2.45, 2.75) is 0 Å². The lowest BCUT2D eigenvalue weighted by atomic mass is 10.0. The van der Waals surface area contributed by atoms with Crippen LogP contribution in [0.25, 0.3) is 22.4 Å². The van der Waals surface area contributed by atoms with Crippen molar-refractivity contribution >= 4 is 5.82 Å². The van der Waals surface area contributed by atoms with Gasteiger partial charge in [0.1, 0.15) is 17.3 Å². The number of rotatable bonds is 2. The van der Waals surface area contributed by atoms with Crippen LogP contribution in [-0.2, 0) is 7.05 Å². The normalized spacial score (nSPS) is 10.8. The van der Waals surface area contributed by atoms with Gasteiger partial charge in [0, 0.05) is 18.8 Å². The van der Waals surface area contributed by atoms with E-state index < -0.39 is 0 Å². The Morgan fingerprint density at radius 1 is 1.32 bits per heavy atom. The molecule has 0 fully saturated rings. The van der Waals surface area contributed by atoms with Crippen molar-refractivity contribution in [3.8, 4) is 22.4 Å². The maximum absolute atomic E-state index is 13.4. The largest absolute Gasteiger partial charge is 0.383 e. The van der Waals surface area contributed by atoms with E-state index in [0.717, 1.165) is 5.56 Å². The van der Waals surface area contributed by atoms with Gasteiger partial charge in [0.05, 0.1) is 11.8 Å². The molecule has 0 saturated heterocycles. The highest BCUT2D eigenvalue weighted by Crippen LogP contribution is 2.35. The van der Waals surface area contributed by atoms with Crippen molar-refractivity contribution in [2.24, 2.45) is 7.05 Å². The molecule has 3 aromatic rings. The van der Waals surface area contributed by atoms with Crippen LogP contribution in [0.3, 0.4) is 0 Å². The summed E-state index contributed by atoms with van der Waals surface area (Å²) < 4.78 is 15.0. The Hall–Kier alpha value is -2.63. The zero-order valence-corrected chi connectivity index (χ0v) is 10.3. The van der Waals surface area contributed by atoms with Crippen molar-refractivity contribution in [3.05, 3.63) is 42.5 Å². The lowest BCUT2D eigenvalue weighted by molar-refractivity contribution is 0.628. The molecular weight excluding hydrogens is 245 g/mol. The molecule has 96 valence electrons. The molecule has 6 heteroatoms. The van der Waals surface area contributed by atoms with Crippen LogP contribution in [0.2, 0.25) is 0 Å². The fourth-order valence-electron chi connectivity index (χ4n) is 2.05. The van der Waals surface area contributed by atoms with Crippen molar-refractivity contribution in [2.75, 3.05) is 5.73 Å². The van der Waals surface area contributed by atoms with Crippen molar-refractivity contribution < 1.29 is 4.39 Å². The summed E-state index contributed by atoms with van der Waals surface area (Å²) in [5, 5.41) is 11.0. The zero-order chi connectivity index (χ0) is 13.4. The number of benzene rings is 1. The Kier molecular flexibility index (Phi) is 2.56. The van der Waals surface area contributed by atoms with Gasteiger partial charge in [0.25, 0.3) is 0 Å². The van der Waals surface area contributed by atoms with Gasteiger partial charge in [-0.05, 0) is 17.7 Å². The van der Waals surface area contributed by atoms with Crippen LogP contribution in [0, 0.1) is 5.82 Å². The van der Waals surface area contributed by atoms with E-state index >= 15 is 0 Å². The molecule has 5 nitrogen and oxygen atoms in total. The van der Waals surface area contributed by atoms with E-state index in [-0.39, 0.29) is 5.82 Å². The standard InChI is InChI=1S/C13H12FN5/c1-19-13(15)11(8-3-2-4-10(14)5-8)12(18-19)9-6-16-17-7-9/h2-7H,15H2,1H3,(H,16,17). The molecule has 0 amide bonds. The zero-order valence-electron chi connectivity index (χ0n) is 10.3. The van der Waals surface area contributed by atoms with Gasteiger partial charge in [-0.15, -0.1) is 0 Å². The highest BCUT2D eigenvalue weighted by molar-refractivity contribution is 5.87. The lowest BCUT2D eigenvalue weighted by Gasteiger charge is -2.03. The number of aromatic nitrogens is 4. The predicted molar refractivity (Wildman–Crippen MR) is 70.6 cm³/mol. The highest BCUT2D eigenvalue weighted by atomic mass is 19.1. The highest BCUT2D eigenvalue weighted by Gasteiger charge is 2.18. The Morgan fingerprint density at radius 2 is 2.16 bits per heavy atom. The number of anilines is 1. The molecule has 3 N–H and O–H groups in total. The maximum Gasteiger partial charge on any atom is 0.129 e. The Balaban J connectivity index is 2.26. The monoisotopic (exact) mass is 257 g/mol. The summed E-state index contributed by atoms with van der Waals surface area (Å²) in [5.74, 6) is 0.181. The van der Waals surface area contributed by atoms with Crippen molar-refractivity contribution in [3.63, 3.8) is 0 Å². The first-order chi connectivity index (χ1) is 9.16. The number of H-pyrrole nitrogens is 1. The summed E-state index contributed by atoms with van der Waals surface area (Å²) in [6.07, 6.45) is 3.38. The van der Waals surface area contributed by atoms with Gasteiger partial charge < -0.3 is 5.73 Å². The number of nitrogens with zero attached hydrogens (tertiary/aromatic N) is 3. The third kappa shape index (κ3) is 1.87. The van der Waals surface area contributed by atoms with Gasteiger partial charge in [-0.25, -0.2) is 4.39 Å². The molecule has 0 saturated carbocycles. The van der Waals surface area contributed by atoms with Gasteiger partial charge in [-0.3, -0.25) is 9.78 Å². The second-order valence-corrected chi connectivity index (χ2v) is 4.23. The van der Waals surface area contributed by atoms with E-state index in [9.17, 15) is 4.39 Å². The Morgan fingerprint density at radius 3 is 2.84 bits per heavy atom. The van der Waals surface area contributed by atoms with Crippen LogP contribution in [0.1, 0.15) is 0 Å². The molecule has 0 spiro atoms. The minimum Gasteiger partial charge on any atom is -0.383 e. The summed E-state index contributed by atoms with van der Waals surface area (Å²) >= 11 is 0. The summed E-state index contributed by atoms with van der Waals surface area (Å²) in [6.45, 7) is 0. The number of hydrogen-bond acceptors (Lipinski definition) is 3. The lowest BCUT2D eigenvalue weighted by Crippen LogP contribution is -1.98. The molecule has 0 aliphatic rings. The van der Waals surface area contributed by atoms with E-state index in [4.69, 9.17) is 5.73 Å². The summed E-state index contributed by atoms with van der Waals surface area (Å²) in [5.41, 5.74) is 8.94. The van der Waals surface area contributed by atoms with E-state index in [1.54, 1.807) is 36.3 Å². The molecule has 0 aliphatic heterocycles. The first-order valence-corrected chi connectivity index (χ1v) is 5.74. The van der Waals surface area contributed by atoms with E-state index in [2.05, 4.69) is 15.3 Å². The van der Waals surface area contributed by atoms with Gasteiger partial charge in [-0.1, -0.05) is 12.1 Å². The first kappa shape index (κ1) is 11.5. The SMILES string of the molecule is Cn1nc(-c2cn[nH]c2)c(-c2cccc(F)c2)c1N. The number of nitrogen functional groups attached to an aromatic ring is 1. The number of nitrogens with one attached hydrogen (secondary N) is 1. The van der Waals surface area contributed by atoms with Crippen molar-refractivity contribution in [1.82, 2.24) is 20.0 Å². The van der Waals surface area contributed by atoms with Gasteiger partial charge >= 0.3 is 0 Å². The Bertz CT molecular complexity index is 715. The minimum absolute atomic E-state index is 0.307. The van der Waals surface area contributed by atoms with Gasteiger partial charge in [0.2, 0.25) is 0 Å². The van der Waals surface area contributed by atoms with Crippen LogP contribution in [0.15, 0.2) is 36.7 Å². The molecule has 1 aromatic carbocycles. The third-order valence-corrected chi connectivity index (χ3v) is 2.98. The molecule has 0 aliphatic carbocycles. The number of aromatic amines is 1. The topological polar surface area (TPSA) is 72.5 Å². The fraction of sp³-hybridized carbons (Fsp3) is 0.0769. The fourth-order valence-corrected chi connectivity index (χ4v) is 2.05.